The van der Waals surface area contributed by atoms with Gasteiger partial charge in [-0.25, -0.2) is 19.6 Å². The van der Waals surface area contributed by atoms with Gasteiger partial charge in [0.1, 0.15) is 11.1 Å². The van der Waals surface area contributed by atoms with Gasteiger partial charge in [-0.05, 0) is 26.7 Å². The van der Waals surface area contributed by atoms with Crippen LogP contribution in [0.2, 0.25) is 0 Å². The van der Waals surface area contributed by atoms with Gasteiger partial charge in [0.2, 0.25) is 11.9 Å². The quantitative estimate of drug-likeness (QED) is 0.220. The highest BCUT2D eigenvalue weighted by Gasteiger charge is 2.13. The monoisotopic (exact) mass is 476 g/mol. The SMILES string of the molecule is CCOC(=O)c1cnc(NCCCCCCCCNc2ncc(C(=O)OCC)c(=O)[nH]2)[nH]c1=O. The summed E-state index contributed by atoms with van der Waals surface area (Å²) in [6.45, 7) is 5.04. The molecule has 0 spiro atoms. The Hall–Kier alpha value is -3.70. The van der Waals surface area contributed by atoms with Crippen LogP contribution < -0.4 is 21.8 Å². The molecule has 0 saturated carbocycles. The Morgan fingerprint density at radius 1 is 0.735 bits per heavy atom. The molecule has 0 bridgehead atoms. The van der Waals surface area contributed by atoms with Gasteiger partial charge in [-0.15, -0.1) is 0 Å². The average Bonchev–Trinajstić information content (AvgIpc) is 2.80. The summed E-state index contributed by atoms with van der Waals surface area (Å²) in [4.78, 5) is 60.2. The molecule has 34 heavy (non-hydrogen) atoms. The molecule has 0 aliphatic heterocycles. The molecule has 2 rings (SSSR count). The van der Waals surface area contributed by atoms with E-state index in [-0.39, 0.29) is 24.3 Å². The summed E-state index contributed by atoms with van der Waals surface area (Å²) in [6, 6.07) is 0. The minimum atomic E-state index is -0.686. The maximum absolute atomic E-state index is 11.9. The molecule has 0 aliphatic carbocycles. The largest absolute Gasteiger partial charge is 0.462 e. The van der Waals surface area contributed by atoms with E-state index in [9.17, 15) is 19.2 Å². The normalized spacial score (nSPS) is 10.5. The molecule has 4 N–H and O–H groups in total. The summed E-state index contributed by atoms with van der Waals surface area (Å²) in [5.41, 5.74) is -1.28. The van der Waals surface area contributed by atoms with Gasteiger partial charge in [0.05, 0.1) is 25.6 Å². The van der Waals surface area contributed by atoms with Crippen molar-refractivity contribution in [2.45, 2.75) is 52.4 Å². The lowest BCUT2D eigenvalue weighted by Crippen LogP contribution is -2.22. The zero-order valence-electron chi connectivity index (χ0n) is 19.6. The molecule has 0 saturated heterocycles. The van der Waals surface area contributed by atoms with Crippen molar-refractivity contribution < 1.29 is 19.1 Å². The van der Waals surface area contributed by atoms with Gasteiger partial charge >= 0.3 is 11.9 Å². The molecule has 0 atom stereocenters. The molecule has 2 heterocycles. The van der Waals surface area contributed by atoms with Gasteiger partial charge in [0, 0.05) is 13.1 Å². The van der Waals surface area contributed by atoms with Crippen LogP contribution >= 0.6 is 0 Å². The maximum atomic E-state index is 11.9. The number of nitrogens with one attached hydrogen (secondary N) is 4. The fourth-order valence-corrected chi connectivity index (χ4v) is 3.05. The summed E-state index contributed by atoms with van der Waals surface area (Å²) >= 11 is 0. The fraction of sp³-hybridized carbons (Fsp3) is 0.545. The number of ether oxygens (including phenoxy) is 2. The molecule has 0 radical (unpaired) electrons. The number of hydrogen-bond donors (Lipinski definition) is 4. The highest BCUT2D eigenvalue weighted by atomic mass is 16.5. The maximum Gasteiger partial charge on any atom is 0.345 e. The van der Waals surface area contributed by atoms with Gasteiger partial charge in [-0.2, -0.15) is 0 Å². The Labute approximate surface area is 196 Å². The topological polar surface area (TPSA) is 168 Å². The summed E-state index contributed by atoms with van der Waals surface area (Å²) in [6.07, 6.45) is 8.44. The summed E-state index contributed by atoms with van der Waals surface area (Å²) in [5, 5.41) is 6.08. The van der Waals surface area contributed by atoms with Crippen molar-refractivity contribution in [3.05, 3.63) is 44.2 Å². The minimum Gasteiger partial charge on any atom is -0.462 e. The smallest absolute Gasteiger partial charge is 0.345 e. The van der Waals surface area contributed by atoms with Crippen molar-refractivity contribution in [3.8, 4) is 0 Å². The Morgan fingerprint density at radius 2 is 1.12 bits per heavy atom. The van der Waals surface area contributed by atoms with Crippen LogP contribution in [0, 0.1) is 0 Å². The van der Waals surface area contributed by atoms with Gasteiger partial charge in [-0.1, -0.05) is 25.7 Å². The predicted octanol–water partition coefficient (Wildman–Crippen LogP) is 2.07. The number of carbonyl (C=O) groups excluding carboxylic acids is 2. The molecule has 0 unspecified atom stereocenters. The van der Waals surface area contributed by atoms with Crippen molar-refractivity contribution in [2.24, 2.45) is 0 Å². The standard InChI is InChI=1S/C22H32N6O6/c1-3-33-19(31)15-13-25-21(27-17(15)29)23-11-9-7-5-6-8-10-12-24-22-26-14-16(18(30)28-22)20(32)34-4-2/h13-14H,3-12H2,1-2H3,(H2,23,25,27,29)(H2,24,26,28,30). The lowest BCUT2D eigenvalue weighted by atomic mass is 10.1. The van der Waals surface area contributed by atoms with E-state index in [0.717, 1.165) is 38.5 Å². The number of carbonyl (C=O) groups is 2. The Bertz CT molecular complexity index is 967. The van der Waals surface area contributed by atoms with E-state index in [4.69, 9.17) is 9.47 Å². The van der Waals surface area contributed by atoms with Crippen LogP contribution in [0.3, 0.4) is 0 Å². The molecule has 0 aliphatic rings. The van der Waals surface area contributed by atoms with Crippen LogP contribution in [-0.2, 0) is 9.47 Å². The first-order valence-electron chi connectivity index (χ1n) is 11.5. The number of rotatable bonds is 15. The number of aromatic amines is 2. The van der Waals surface area contributed by atoms with E-state index < -0.39 is 23.1 Å². The first kappa shape index (κ1) is 26.6. The number of anilines is 2. The Morgan fingerprint density at radius 3 is 1.47 bits per heavy atom. The highest BCUT2D eigenvalue weighted by Crippen LogP contribution is 2.07. The molecule has 12 nitrogen and oxygen atoms in total. The van der Waals surface area contributed by atoms with Gasteiger partial charge in [-0.3, -0.25) is 19.6 Å². The molecular weight excluding hydrogens is 444 g/mol. The molecule has 12 heteroatoms. The summed E-state index contributed by atoms with van der Waals surface area (Å²) < 4.78 is 9.60. The van der Waals surface area contributed by atoms with Gasteiger partial charge in [0.25, 0.3) is 11.1 Å². The lowest BCUT2D eigenvalue weighted by molar-refractivity contribution is 0.0514. The number of H-pyrrole nitrogens is 2. The van der Waals surface area contributed by atoms with E-state index >= 15 is 0 Å². The number of hydrogen-bond acceptors (Lipinski definition) is 10. The second-order valence-electron chi connectivity index (χ2n) is 7.37. The van der Waals surface area contributed by atoms with Crippen molar-refractivity contribution in [2.75, 3.05) is 36.9 Å². The second-order valence-corrected chi connectivity index (χ2v) is 7.37. The summed E-state index contributed by atoms with van der Waals surface area (Å²) in [7, 11) is 0. The molecule has 186 valence electrons. The van der Waals surface area contributed by atoms with Crippen molar-refractivity contribution >= 4 is 23.8 Å². The fourth-order valence-electron chi connectivity index (χ4n) is 3.05. The van der Waals surface area contributed by atoms with Crippen LogP contribution in [-0.4, -0.2) is 58.2 Å². The Balaban J connectivity index is 1.55. The van der Waals surface area contributed by atoms with Crippen LogP contribution in [0.15, 0.2) is 22.0 Å². The van der Waals surface area contributed by atoms with E-state index in [1.807, 2.05) is 0 Å². The van der Waals surface area contributed by atoms with Crippen molar-refractivity contribution in [1.82, 2.24) is 19.9 Å². The van der Waals surface area contributed by atoms with Crippen LogP contribution in [0.25, 0.3) is 0 Å². The highest BCUT2D eigenvalue weighted by molar-refractivity contribution is 5.89. The molecule has 0 amide bonds. The zero-order chi connectivity index (χ0) is 24.8. The van der Waals surface area contributed by atoms with Crippen molar-refractivity contribution in [1.29, 1.82) is 0 Å². The third kappa shape index (κ3) is 8.68. The molecule has 0 aromatic carbocycles. The van der Waals surface area contributed by atoms with E-state index in [1.54, 1.807) is 13.8 Å². The van der Waals surface area contributed by atoms with E-state index in [0.29, 0.717) is 25.0 Å². The van der Waals surface area contributed by atoms with Crippen LogP contribution in [0.4, 0.5) is 11.9 Å². The van der Waals surface area contributed by atoms with Crippen LogP contribution in [0.1, 0.15) is 73.1 Å². The molecular formula is C22H32N6O6. The van der Waals surface area contributed by atoms with E-state index in [1.165, 1.54) is 12.4 Å². The molecule has 2 aromatic heterocycles. The number of nitrogens with zero attached hydrogens (tertiary/aromatic N) is 2. The van der Waals surface area contributed by atoms with Crippen LogP contribution in [0.5, 0.6) is 0 Å². The second kappa shape index (κ2) is 14.4. The third-order valence-corrected chi connectivity index (χ3v) is 4.78. The third-order valence-electron chi connectivity index (χ3n) is 4.78. The zero-order valence-corrected chi connectivity index (χ0v) is 19.6. The predicted molar refractivity (Wildman–Crippen MR) is 126 cm³/mol. The average molecular weight is 477 g/mol. The van der Waals surface area contributed by atoms with Crippen molar-refractivity contribution in [3.63, 3.8) is 0 Å². The summed E-state index contributed by atoms with van der Waals surface area (Å²) in [5.74, 6) is -0.721. The molecule has 0 fully saturated rings. The number of esters is 2. The molecule has 2 aromatic rings. The number of aromatic nitrogens is 4. The Kier molecular flexibility index (Phi) is 11.3. The first-order valence-corrected chi connectivity index (χ1v) is 11.5. The minimum absolute atomic E-state index is 0.113. The number of unbranched alkanes of at least 4 members (excludes halogenated alkanes) is 5. The van der Waals surface area contributed by atoms with E-state index in [2.05, 4.69) is 30.6 Å². The van der Waals surface area contributed by atoms with Gasteiger partial charge in [0.15, 0.2) is 0 Å². The first-order chi connectivity index (χ1) is 16.5. The van der Waals surface area contributed by atoms with Gasteiger partial charge < -0.3 is 20.1 Å². The lowest BCUT2D eigenvalue weighted by Gasteiger charge is -2.07.